The predicted molar refractivity (Wildman–Crippen MR) is 478 cm³/mol. The number of oxazole rings is 2. The number of aliphatic carboxylic acids is 4. The number of halogens is 14. The molecule has 0 aliphatic rings. The van der Waals surface area contributed by atoms with Gasteiger partial charge < -0.3 is 38.7 Å². The zero-order valence-electron chi connectivity index (χ0n) is 70.0. The maximum atomic E-state index is 14.0. The molecular formula is C90H70F14N8O12S8. The highest BCUT2D eigenvalue weighted by Gasteiger charge is 2.37. The van der Waals surface area contributed by atoms with Crippen molar-refractivity contribution in [1.82, 2.24) is 39.9 Å². The van der Waals surface area contributed by atoms with Crippen LogP contribution in [-0.2, 0) is 94.3 Å². The van der Waals surface area contributed by atoms with E-state index in [2.05, 4.69) is 45.9 Å². The number of carbonyl (C=O) groups is 4. The van der Waals surface area contributed by atoms with Crippen LogP contribution in [0.3, 0.4) is 0 Å². The van der Waals surface area contributed by atoms with Crippen molar-refractivity contribution in [1.29, 1.82) is 0 Å². The van der Waals surface area contributed by atoms with Crippen LogP contribution in [0, 0.1) is 67.0 Å². The number of nitrogens with zero attached hydrogens (tertiary/aromatic N) is 8. The Morgan fingerprint density at radius 1 is 0.364 bits per heavy atom. The quantitative estimate of drug-likeness (QED) is 0.0289. The minimum atomic E-state index is -4.77. The van der Waals surface area contributed by atoms with Gasteiger partial charge in [0.1, 0.15) is 65.9 Å². The summed E-state index contributed by atoms with van der Waals surface area (Å²) in [7, 11) is 0. The Morgan fingerprint density at radius 3 is 1.01 bits per heavy atom. The summed E-state index contributed by atoms with van der Waals surface area (Å²) < 4.78 is 207. The second-order valence-electron chi connectivity index (χ2n) is 29.6. The summed E-state index contributed by atoms with van der Waals surface area (Å²) in [5.74, 6) is -3.73. The Labute approximate surface area is 772 Å². The number of aromatic nitrogens is 8. The summed E-state index contributed by atoms with van der Waals surface area (Å²) in [6.45, 7) is 15.2. The van der Waals surface area contributed by atoms with Crippen LogP contribution in [0.4, 0.5) is 61.5 Å². The minimum absolute atomic E-state index is 0.0885. The lowest BCUT2D eigenvalue weighted by atomic mass is 10.1. The van der Waals surface area contributed by atoms with Gasteiger partial charge in [-0.1, -0.05) is 36.4 Å². The first kappa shape index (κ1) is 97.7. The van der Waals surface area contributed by atoms with E-state index >= 15 is 0 Å². The number of hydrogen-bond donors (Lipinski definition) is 4. The minimum Gasteiger partial charge on any atom is -0.484 e. The van der Waals surface area contributed by atoms with Crippen molar-refractivity contribution in [2.75, 3.05) is 0 Å². The number of ether oxygens (including phenoxy) is 2. The molecule has 0 aliphatic heterocycles. The van der Waals surface area contributed by atoms with Crippen LogP contribution >= 0.6 is 91.5 Å². The molecule has 4 N–H and O–H groups in total. The Morgan fingerprint density at radius 2 is 0.682 bits per heavy atom. The Bertz CT molecular complexity index is 6990. The fraction of sp³-hybridized carbons (Fsp3) is 0.244. The molecule has 0 aliphatic carbocycles. The predicted octanol–water partition coefficient (Wildman–Crippen LogP) is 26.6. The van der Waals surface area contributed by atoms with Crippen molar-refractivity contribution in [3.05, 3.63) is 254 Å². The summed E-state index contributed by atoms with van der Waals surface area (Å²) in [6.07, 6.45) is -18.4. The average molecular weight is 1980 g/mol. The molecule has 8 aromatic heterocycles. The van der Waals surface area contributed by atoms with E-state index in [4.69, 9.17) is 38.7 Å². The third-order valence-corrected chi connectivity index (χ3v) is 29.0. The van der Waals surface area contributed by atoms with E-state index in [9.17, 15) is 80.6 Å². The van der Waals surface area contributed by atoms with Crippen molar-refractivity contribution >= 4 is 158 Å². The number of carboxylic acids is 4. The molecule has 0 bridgehead atoms. The van der Waals surface area contributed by atoms with Crippen LogP contribution in [0.1, 0.15) is 121 Å². The molecule has 0 fully saturated rings. The smallest absolute Gasteiger partial charge is 0.419 e. The lowest BCUT2D eigenvalue weighted by Gasteiger charge is -2.08. The summed E-state index contributed by atoms with van der Waals surface area (Å²) in [5, 5.41) is 39.0. The molecule has 0 saturated heterocycles. The maximum Gasteiger partial charge on any atom is 0.419 e. The number of fused-ring (bicyclic) bond motifs is 4. The van der Waals surface area contributed by atoms with Crippen LogP contribution in [-0.4, -0.2) is 84.2 Å². The second-order valence-corrected chi connectivity index (χ2v) is 38.1. The highest BCUT2D eigenvalue weighted by Crippen LogP contribution is 2.45. The summed E-state index contributed by atoms with van der Waals surface area (Å²) in [4.78, 5) is 84.5. The van der Waals surface area contributed by atoms with E-state index in [-0.39, 0.29) is 63.2 Å². The highest BCUT2D eigenvalue weighted by atomic mass is 32.2. The molecule has 0 amide bonds. The molecule has 0 atom stereocenters. The summed E-state index contributed by atoms with van der Waals surface area (Å²) >= 11 is 11.2. The monoisotopic (exact) mass is 1980 g/mol. The van der Waals surface area contributed by atoms with Crippen LogP contribution in [0.15, 0.2) is 152 Å². The fourth-order valence-electron chi connectivity index (χ4n) is 12.9. The zero-order valence-corrected chi connectivity index (χ0v) is 76.5. The van der Waals surface area contributed by atoms with Gasteiger partial charge in [-0.2, -0.15) is 52.7 Å². The Hall–Kier alpha value is -11.8. The number of alkyl halides is 12. The highest BCUT2D eigenvalue weighted by molar-refractivity contribution is 7.99. The van der Waals surface area contributed by atoms with Crippen LogP contribution in [0.25, 0.3) is 84.9 Å². The molecule has 20 nitrogen and oxygen atoms in total. The molecule has 688 valence electrons. The lowest BCUT2D eigenvalue weighted by molar-refractivity contribution is -0.140. The van der Waals surface area contributed by atoms with Crippen molar-refractivity contribution in [2.45, 2.75) is 153 Å². The van der Waals surface area contributed by atoms with E-state index in [1.54, 1.807) is 49.5 Å². The molecule has 132 heavy (non-hydrogen) atoms. The molecular weight excluding hydrogens is 1910 g/mol. The molecule has 42 heteroatoms. The average Bonchev–Trinajstić information content (AvgIpc) is 1.65. The molecule has 0 saturated carbocycles. The first-order valence-electron chi connectivity index (χ1n) is 39.2. The summed E-state index contributed by atoms with van der Waals surface area (Å²) in [6, 6.07) is 30.6. The molecule has 0 unspecified atom stereocenters. The van der Waals surface area contributed by atoms with Crippen LogP contribution < -0.4 is 9.47 Å². The van der Waals surface area contributed by atoms with Gasteiger partial charge in [0.25, 0.3) is 0 Å². The van der Waals surface area contributed by atoms with Gasteiger partial charge >= 0.3 is 48.6 Å². The van der Waals surface area contributed by atoms with Crippen LogP contribution in [0.5, 0.6) is 11.5 Å². The molecule has 0 spiro atoms. The number of benzene rings is 8. The normalized spacial score (nSPS) is 11.9. The van der Waals surface area contributed by atoms with E-state index in [0.717, 1.165) is 127 Å². The SMILES string of the molecule is Cc1cc(OCc2sc(-c3ccc(C(F)(F)F)c(F)c3)nc2C)c2oc(CCC(=O)O)nc2c1.Cc1cc(OCc2sc(-c3ccc(C(F)(F)F)cc3)nc2C)c2oc(CCC(=O)O)nc2c1.Cc1cc(SCc2sc(-c3ccc(C(F)(F)F)c(F)c3)nc2C)c2sc(CC(=O)O)nc2c1.Cc1cc(SCc2sc(-c3ccc(C(F)(F)F)cc3)nc2C)c2sc(CC(=O)O)nc2c1. The van der Waals surface area contributed by atoms with Gasteiger partial charge in [-0.25, -0.2) is 48.7 Å². The van der Waals surface area contributed by atoms with E-state index < -0.39 is 82.5 Å². The topological polar surface area (TPSA) is 297 Å². The van der Waals surface area contributed by atoms with Crippen molar-refractivity contribution in [3.63, 3.8) is 0 Å². The molecule has 16 rings (SSSR count). The van der Waals surface area contributed by atoms with E-state index in [0.29, 0.717) is 114 Å². The number of aryl methyl sites for hydroxylation is 10. The van der Waals surface area contributed by atoms with Gasteiger partial charge in [0.15, 0.2) is 34.4 Å². The third-order valence-electron chi connectivity index (χ3n) is 19.3. The molecule has 0 radical (unpaired) electrons. The van der Waals surface area contributed by atoms with Crippen molar-refractivity contribution < 1.29 is 119 Å². The first-order chi connectivity index (χ1) is 62.2. The first-order valence-corrected chi connectivity index (χ1v) is 46.0. The van der Waals surface area contributed by atoms with Crippen molar-refractivity contribution in [3.8, 4) is 53.8 Å². The van der Waals surface area contributed by atoms with Gasteiger partial charge in [0, 0.05) is 66.1 Å². The standard InChI is InChI=1S/C23H18F4N2O4S.C23H19F3N2O4S.C22H16F4N2O2S3.C22H17F3N2O2S3/c1-11-7-16-21(33-19(29-16)5-6-20(30)31)17(8-11)32-10-18-12(2)28-22(34-18)13-3-4-14(15(24)9-13)23(25,26)27;1-12-9-16-21(32-19(28-16)7-8-20(29)30)17(10-12)31-11-18-13(2)27-22(33-18)14-3-5-15(6-4-14)23(24,25)26;1-10-5-15-20(33-18(28-15)8-19(29)30)16(6-10)31-9-17-11(2)27-21(32-17)12-3-4-13(14(23)7-12)22(24,25)26;1-11-7-15-20(32-18(27-15)9-19(28)29)16(8-11)30-10-17-12(2)26-21(31-17)13-3-5-14(6-4-13)22(23,24)25/h3-4,7-9H,5-6,10H2,1-2H3,(H,30,31);3-6,9-10H,7-8,11H2,1-2H3,(H,29,30);3-7H,8-9H2,1-2H3,(H,29,30);3-8H,9-10H2,1-2H3,(H,28,29). The Kier molecular flexibility index (Phi) is 30.2. The van der Waals surface area contributed by atoms with Gasteiger partial charge in [0.2, 0.25) is 0 Å². The summed E-state index contributed by atoms with van der Waals surface area (Å²) in [5.41, 5.74) is 7.95. The number of hydrogen-bond acceptors (Lipinski definition) is 24. The largest absolute Gasteiger partial charge is 0.484 e. The van der Waals surface area contributed by atoms with E-state index in [1.165, 1.54) is 104 Å². The Balaban J connectivity index is 0.000000150. The number of thioether (sulfide) groups is 2. The van der Waals surface area contributed by atoms with Gasteiger partial charge in [0.05, 0.1) is 101 Å². The second kappa shape index (κ2) is 40.7. The maximum absolute atomic E-state index is 14.0. The number of carboxylic acid groups (broad SMARTS) is 4. The van der Waals surface area contributed by atoms with Gasteiger partial charge in [-0.15, -0.1) is 91.5 Å². The molecule has 16 aromatic rings. The zero-order chi connectivity index (χ0) is 95.3. The number of rotatable bonds is 26. The van der Waals surface area contributed by atoms with Gasteiger partial charge in [-0.3, -0.25) is 19.2 Å². The van der Waals surface area contributed by atoms with E-state index in [1.807, 2.05) is 71.9 Å². The fourth-order valence-corrected chi connectivity index (χ4v) is 21.9. The van der Waals surface area contributed by atoms with Crippen molar-refractivity contribution in [2.24, 2.45) is 0 Å². The lowest BCUT2D eigenvalue weighted by Crippen LogP contribution is -2.07. The number of thiazole rings is 6. The molecule has 8 aromatic carbocycles. The van der Waals surface area contributed by atoms with Crippen LogP contribution in [0.2, 0.25) is 0 Å². The third kappa shape index (κ3) is 24.7. The molecule has 8 heterocycles. The van der Waals surface area contributed by atoms with Gasteiger partial charge in [-0.05, 0) is 175 Å².